The molecule has 0 amide bonds. The van der Waals surface area contributed by atoms with Gasteiger partial charge in [0, 0.05) is 0 Å². The zero-order valence-corrected chi connectivity index (χ0v) is 8.01. The second kappa shape index (κ2) is 4.40. The third-order valence-corrected chi connectivity index (χ3v) is 2.15. The highest BCUT2D eigenvalue weighted by atomic mass is 16.3. The Balaban J connectivity index is 2.73. The molecule has 0 heterocycles. The van der Waals surface area contributed by atoms with Gasteiger partial charge in [-0.2, -0.15) is 0 Å². The first-order chi connectivity index (χ1) is 6.13. The fourth-order valence-electron chi connectivity index (χ4n) is 1.21. The zero-order chi connectivity index (χ0) is 9.84. The highest BCUT2D eigenvalue weighted by Crippen LogP contribution is 2.20. The molecule has 0 saturated carbocycles. The number of hydrogen-bond acceptors (Lipinski definition) is 2. The first-order valence-electron chi connectivity index (χ1n) is 4.54. The predicted molar refractivity (Wildman–Crippen MR) is 52.2 cm³/mol. The quantitative estimate of drug-likeness (QED) is 0.743. The lowest BCUT2D eigenvalue weighted by Gasteiger charge is -2.21. The normalized spacial score (nSPS) is 15.8. The van der Waals surface area contributed by atoms with Crippen LogP contribution in [-0.4, -0.2) is 16.3 Å². The Labute approximate surface area is 78.8 Å². The van der Waals surface area contributed by atoms with Gasteiger partial charge in [0.15, 0.2) is 0 Å². The summed E-state index contributed by atoms with van der Waals surface area (Å²) in [7, 11) is 0. The smallest absolute Gasteiger partial charge is 0.105 e. The van der Waals surface area contributed by atoms with Crippen molar-refractivity contribution in [2.45, 2.75) is 26.1 Å². The van der Waals surface area contributed by atoms with Gasteiger partial charge in [0.25, 0.3) is 0 Å². The van der Waals surface area contributed by atoms with Crippen LogP contribution in [0.15, 0.2) is 30.3 Å². The average Bonchev–Trinajstić information content (AvgIpc) is 2.17. The van der Waals surface area contributed by atoms with Gasteiger partial charge in [-0.3, -0.25) is 0 Å². The van der Waals surface area contributed by atoms with Crippen LogP contribution in [0.25, 0.3) is 0 Å². The van der Waals surface area contributed by atoms with Crippen LogP contribution in [0, 0.1) is 5.92 Å². The summed E-state index contributed by atoms with van der Waals surface area (Å²) in [6, 6.07) is 9.22. The molecule has 2 heteroatoms. The van der Waals surface area contributed by atoms with Gasteiger partial charge in [0.1, 0.15) is 6.10 Å². The molecule has 0 spiro atoms. The Kier molecular flexibility index (Phi) is 3.46. The molecule has 0 aliphatic heterocycles. The third kappa shape index (κ3) is 2.54. The number of aliphatic hydroxyl groups is 2. The van der Waals surface area contributed by atoms with Crippen molar-refractivity contribution >= 4 is 0 Å². The Bertz CT molecular complexity index is 244. The lowest BCUT2D eigenvalue weighted by Crippen LogP contribution is -2.23. The Morgan fingerprint density at radius 1 is 1.00 bits per heavy atom. The van der Waals surface area contributed by atoms with Crippen molar-refractivity contribution in [3.05, 3.63) is 35.9 Å². The lowest BCUT2D eigenvalue weighted by atomic mass is 9.96. The molecule has 13 heavy (non-hydrogen) atoms. The van der Waals surface area contributed by atoms with Crippen LogP contribution in [0.4, 0.5) is 0 Å². The van der Waals surface area contributed by atoms with E-state index in [1.165, 1.54) is 0 Å². The summed E-state index contributed by atoms with van der Waals surface area (Å²) in [6.07, 6.45) is -1.47. The maximum absolute atomic E-state index is 9.71. The van der Waals surface area contributed by atoms with E-state index in [4.69, 9.17) is 0 Å². The summed E-state index contributed by atoms with van der Waals surface area (Å²) in [6.45, 7) is 3.77. The highest BCUT2D eigenvalue weighted by molar-refractivity contribution is 5.18. The minimum absolute atomic E-state index is 0.0650. The fourth-order valence-corrected chi connectivity index (χ4v) is 1.21. The molecule has 0 aliphatic rings. The molecular weight excluding hydrogens is 164 g/mol. The Morgan fingerprint density at radius 3 is 2.00 bits per heavy atom. The Hall–Kier alpha value is -0.860. The molecule has 0 radical (unpaired) electrons. The van der Waals surface area contributed by atoms with E-state index in [9.17, 15) is 10.2 Å². The van der Waals surface area contributed by atoms with Gasteiger partial charge in [0.05, 0.1) is 6.10 Å². The zero-order valence-electron chi connectivity index (χ0n) is 8.01. The molecule has 0 aliphatic carbocycles. The topological polar surface area (TPSA) is 40.5 Å². The molecule has 2 N–H and O–H groups in total. The van der Waals surface area contributed by atoms with Crippen molar-refractivity contribution < 1.29 is 10.2 Å². The van der Waals surface area contributed by atoms with Crippen molar-refractivity contribution in [1.29, 1.82) is 0 Å². The van der Waals surface area contributed by atoms with E-state index in [-0.39, 0.29) is 5.92 Å². The molecule has 0 aromatic heterocycles. The monoisotopic (exact) mass is 180 g/mol. The Morgan fingerprint density at radius 2 is 1.54 bits per heavy atom. The number of rotatable bonds is 3. The van der Waals surface area contributed by atoms with Crippen LogP contribution in [0.3, 0.4) is 0 Å². The summed E-state index contributed by atoms with van der Waals surface area (Å²) in [5.74, 6) is 0.0650. The third-order valence-electron chi connectivity index (χ3n) is 2.15. The van der Waals surface area contributed by atoms with Gasteiger partial charge in [-0.15, -0.1) is 0 Å². The second-order valence-corrected chi connectivity index (χ2v) is 3.59. The first-order valence-corrected chi connectivity index (χ1v) is 4.54. The molecule has 2 atom stereocenters. The van der Waals surface area contributed by atoms with Crippen LogP contribution >= 0.6 is 0 Å². The molecule has 1 aromatic rings. The number of hydrogen-bond donors (Lipinski definition) is 2. The molecule has 2 nitrogen and oxygen atoms in total. The van der Waals surface area contributed by atoms with Gasteiger partial charge >= 0.3 is 0 Å². The van der Waals surface area contributed by atoms with Gasteiger partial charge in [-0.1, -0.05) is 44.2 Å². The summed E-state index contributed by atoms with van der Waals surface area (Å²) < 4.78 is 0. The summed E-state index contributed by atoms with van der Waals surface area (Å²) in [5.41, 5.74) is 0.767. The van der Waals surface area contributed by atoms with E-state index in [0.717, 1.165) is 5.56 Å². The van der Waals surface area contributed by atoms with E-state index in [2.05, 4.69) is 0 Å². The van der Waals surface area contributed by atoms with E-state index in [1.807, 2.05) is 44.2 Å². The van der Waals surface area contributed by atoms with Crippen molar-refractivity contribution in [2.24, 2.45) is 5.92 Å². The lowest BCUT2D eigenvalue weighted by molar-refractivity contribution is -0.00939. The molecule has 0 saturated heterocycles. The summed E-state index contributed by atoms with van der Waals surface area (Å²) in [5, 5.41) is 19.3. The van der Waals surface area contributed by atoms with Crippen LogP contribution in [0.5, 0.6) is 0 Å². The highest BCUT2D eigenvalue weighted by Gasteiger charge is 2.20. The number of benzene rings is 1. The standard InChI is InChI=1S/C11H16O2/c1-8(2)10(12)11(13)9-6-4-3-5-7-9/h3-8,10-13H,1-2H3/t10-,11-/m1/s1. The molecule has 0 bridgehead atoms. The van der Waals surface area contributed by atoms with Crippen molar-refractivity contribution in [2.75, 3.05) is 0 Å². The van der Waals surface area contributed by atoms with Gasteiger partial charge < -0.3 is 10.2 Å². The average molecular weight is 180 g/mol. The molecule has 72 valence electrons. The minimum atomic E-state index is -0.777. The van der Waals surface area contributed by atoms with Gasteiger partial charge in [-0.05, 0) is 11.5 Å². The molecule has 1 rings (SSSR count). The van der Waals surface area contributed by atoms with Crippen LogP contribution in [0.1, 0.15) is 25.5 Å². The minimum Gasteiger partial charge on any atom is -0.390 e. The fraction of sp³-hybridized carbons (Fsp3) is 0.455. The van der Waals surface area contributed by atoms with E-state index < -0.39 is 12.2 Å². The van der Waals surface area contributed by atoms with Crippen LogP contribution < -0.4 is 0 Å². The second-order valence-electron chi connectivity index (χ2n) is 3.59. The molecule has 1 aromatic carbocycles. The van der Waals surface area contributed by atoms with Crippen molar-refractivity contribution in [1.82, 2.24) is 0 Å². The predicted octanol–water partition coefficient (Wildman–Crippen LogP) is 1.74. The maximum Gasteiger partial charge on any atom is 0.105 e. The van der Waals surface area contributed by atoms with Crippen LogP contribution in [-0.2, 0) is 0 Å². The maximum atomic E-state index is 9.71. The van der Waals surface area contributed by atoms with Crippen molar-refractivity contribution in [3.8, 4) is 0 Å². The van der Waals surface area contributed by atoms with Gasteiger partial charge in [-0.25, -0.2) is 0 Å². The summed E-state index contributed by atoms with van der Waals surface area (Å²) in [4.78, 5) is 0. The molecule has 0 fully saturated rings. The first kappa shape index (κ1) is 10.2. The molecular formula is C11H16O2. The van der Waals surface area contributed by atoms with E-state index in [1.54, 1.807) is 0 Å². The van der Waals surface area contributed by atoms with Crippen LogP contribution in [0.2, 0.25) is 0 Å². The summed E-state index contributed by atoms with van der Waals surface area (Å²) >= 11 is 0. The SMILES string of the molecule is CC(C)[C@@H](O)[C@H](O)c1ccccc1. The van der Waals surface area contributed by atoms with Crippen molar-refractivity contribution in [3.63, 3.8) is 0 Å². The van der Waals surface area contributed by atoms with E-state index in [0.29, 0.717) is 0 Å². The van der Waals surface area contributed by atoms with Gasteiger partial charge in [0.2, 0.25) is 0 Å². The largest absolute Gasteiger partial charge is 0.390 e. The van der Waals surface area contributed by atoms with E-state index >= 15 is 0 Å². The number of aliphatic hydroxyl groups excluding tert-OH is 2. The molecule has 0 unspecified atom stereocenters.